The standard InChI is InChI=1S/C68H108O32/c1-27(2)20-30(90-29(4)72)21-67(9)39-15-18-66(8)32-12-13-38-64(5,6)40(16-17-65(38,7)31(32)14-19-68(39,66)63(84)100-67)95-62-56(44(77)37(26-88-62)94-59-50(83)55(43(76)36(24-71)91-59)98-61-49(82)54(86-11)42(75)35(23-70)93-61)99-58-46(79)45(78)51(28(3)89-58)96-57-47(80)52(33(73)25-87-57)97-60-48(81)53(85-10)41(74)34(22-69)92-60/h12,28,30-31,33-62,69-71,73-83H,1,13-26H2,2-11H3/t28?,30-,31+,33+,34?,35?,36?,37+,38-,39+,40-,41+,42+,43+,44?,45?,46?,47?,48?,49?,50?,51+,52?,53?,54?,55?,56?,57-,58-,59-,60-,61-,62-,65+,66-,67-,68?/m0/s1. The van der Waals surface area contributed by atoms with Gasteiger partial charge in [-0.05, 0) is 88.4 Å². The molecule has 37 atom stereocenters. The molecule has 10 fully saturated rings. The van der Waals surface area contributed by atoms with E-state index in [-0.39, 0.29) is 29.1 Å². The number of allylic oxidation sites excluding steroid dienone is 2. The number of fused-ring (bicyclic) bond motifs is 4. The second-order valence-electron chi connectivity index (χ2n) is 31.0. The van der Waals surface area contributed by atoms with Crippen molar-refractivity contribution in [3.8, 4) is 0 Å². The molecule has 32 nitrogen and oxygen atoms in total. The van der Waals surface area contributed by atoms with Crippen LogP contribution in [0.3, 0.4) is 0 Å². The van der Waals surface area contributed by atoms with E-state index in [1.807, 2.05) is 13.8 Å². The van der Waals surface area contributed by atoms with E-state index in [1.54, 1.807) is 0 Å². The fraction of sp³-hybridized carbons (Fsp3) is 0.912. The van der Waals surface area contributed by atoms with Crippen LogP contribution < -0.4 is 0 Å². The monoisotopic (exact) mass is 1440 g/mol. The van der Waals surface area contributed by atoms with Crippen LogP contribution in [-0.2, 0) is 85.4 Å². The Morgan fingerprint density at radius 3 is 1.68 bits per heavy atom. The van der Waals surface area contributed by atoms with Crippen LogP contribution in [0.2, 0.25) is 0 Å². The Kier molecular flexibility index (Phi) is 23.9. The first kappa shape index (κ1) is 78.4. The van der Waals surface area contributed by atoms with E-state index in [4.69, 9.17) is 75.8 Å². The largest absolute Gasteiger partial charge is 0.462 e. The Morgan fingerprint density at radius 2 is 1.10 bits per heavy atom. The number of carbonyl (C=O) groups excluding carboxylic acids is 2. The zero-order chi connectivity index (χ0) is 72.8. The number of aliphatic hydroxyl groups excluding tert-OH is 14. The minimum Gasteiger partial charge on any atom is -0.462 e. The summed E-state index contributed by atoms with van der Waals surface area (Å²) < 4.78 is 96.1. The highest BCUT2D eigenvalue weighted by atomic mass is 16.8. The summed E-state index contributed by atoms with van der Waals surface area (Å²) in [5.41, 5.74) is -1.06. The fourth-order valence-electron chi connectivity index (χ4n) is 19.4. The first-order valence-corrected chi connectivity index (χ1v) is 35.1. The molecule has 7 heterocycles. The summed E-state index contributed by atoms with van der Waals surface area (Å²) in [5, 5.41) is 156. The predicted octanol–water partition coefficient (Wildman–Crippen LogP) is -2.90. The highest BCUT2D eigenvalue weighted by Gasteiger charge is 2.77. The van der Waals surface area contributed by atoms with Crippen molar-refractivity contribution in [2.75, 3.05) is 47.3 Å². The van der Waals surface area contributed by atoms with Crippen molar-refractivity contribution < 1.29 is 157 Å². The third-order valence-electron chi connectivity index (χ3n) is 24.6. The van der Waals surface area contributed by atoms with Gasteiger partial charge >= 0.3 is 11.9 Å². The molecule has 14 N–H and O–H groups in total. The van der Waals surface area contributed by atoms with Crippen molar-refractivity contribution in [1.29, 1.82) is 0 Å². The van der Waals surface area contributed by atoms with Gasteiger partial charge < -0.3 is 147 Å². The molecule has 11 aliphatic rings. The van der Waals surface area contributed by atoms with Gasteiger partial charge in [0.25, 0.3) is 0 Å². The van der Waals surface area contributed by atoms with Crippen LogP contribution in [0.5, 0.6) is 0 Å². The first-order valence-electron chi connectivity index (χ1n) is 35.1. The summed E-state index contributed by atoms with van der Waals surface area (Å²) in [6.45, 7) is 16.2. The van der Waals surface area contributed by atoms with E-state index >= 15 is 0 Å². The number of ether oxygens (including phenoxy) is 16. The van der Waals surface area contributed by atoms with E-state index in [1.165, 1.54) is 33.6 Å². The van der Waals surface area contributed by atoms with Crippen molar-refractivity contribution in [3.63, 3.8) is 0 Å². The Bertz CT molecular complexity index is 2840. The quantitative estimate of drug-likeness (QED) is 0.0382. The molecule has 11 rings (SSSR count). The van der Waals surface area contributed by atoms with Crippen molar-refractivity contribution >= 4 is 11.9 Å². The van der Waals surface area contributed by atoms with Crippen LogP contribution in [-0.4, -0.2) is 321 Å². The number of cyclic esters (lactones) is 1. The predicted molar refractivity (Wildman–Crippen MR) is 335 cm³/mol. The number of esters is 2. The molecule has 0 aromatic carbocycles. The number of hydrogen-bond donors (Lipinski definition) is 14. The van der Waals surface area contributed by atoms with Crippen LogP contribution >= 0.6 is 0 Å². The molecule has 17 unspecified atom stereocenters. The third kappa shape index (κ3) is 13.9. The Morgan fingerprint density at radius 1 is 0.570 bits per heavy atom. The molecule has 3 saturated carbocycles. The number of hydrogen-bond acceptors (Lipinski definition) is 32. The first-order chi connectivity index (χ1) is 47.2. The van der Waals surface area contributed by atoms with Gasteiger partial charge in [0.05, 0.1) is 50.7 Å². The highest BCUT2D eigenvalue weighted by molar-refractivity contribution is 5.83. The Labute approximate surface area is 580 Å². The maximum absolute atomic E-state index is 14.8. The van der Waals surface area contributed by atoms with Gasteiger partial charge in [-0.3, -0.25) is 9.59 Å². The number of carbonyl (C=O) groups is 2. The molecule has 0 aromatic heterocycles. The van der Waals surface area contributed by atoms with Gasteiger partial charge in [-0.1, -0.05) is 44.9 Å². The van der Waals surface area contributed by atoms with E-state index in [0.717, 1.165) is 24.8 Å². The molecule has 0 radical (unpaired) electrons. The van der Waals surface area contributed by atoms with Crippen LogP contribution in [0.4, 0.5) is 0 Å². The Balaban J connectivity index is 0.828. The van der Waals surface area contributed by atoms with E-state index in [2.05, 4.69) is 40.3 Å². The summed E-state index contributed by atoms with van der Waals surface area (Å²) in [6.07, 6.45) is -39.5. The second-order valence-corrected chi connectivity index (χ2v) is 31.0. The van der Waals surface area contributed by atoms with Crippen molar-refractivity contribution in [2.45, 2.75) is 303 Å². The smallest absolute Gasteiger partial charge is 0.313 e. The lowest BCUT2D eigenvalue weighted by molar-refractivity contribution is -0.394. The van der Waals surface area contributed by atoms with Gasteiger partial charge in [0.1, 0.15) is 140 Å². The molecule has 0 amide bonds. The molecule has 7 aliphatic heterocycles. The van der Waals surface area contributed by atoms with Gasteiger partial charge in [0.15, 0.2) is 37.7 Å². The normalized spacial score (nSPS) is 51.2. The topological polar surface area (TPSA) is 465 Å². The zero-order valence-corrected chi connectivity index (χ0v) is 58.3. The van der Waals surface area contributed by atoms with Gasteiger partial charge in [0, 0.05) is 45.3 Å². The summed E-state index contributed by atoms with van der Waals surface area (Å²) in [4.78, 5) is 27.1. The van der Waals surface area contributed by atoms with Crippen LogP contribution in [0, 0.1) is 39.4 Å². The summed E-state index contributed by atoms with van der Waals surface area (Å²) in [5.74, 6) is -0.702. The zero-order valence-electron chi connectivity index (χ0n) is 58.3. The summed E-state index contributed by atoms with van der Waals surface area (Å²) >= 11 is 0. The Hall–Kier alpha value is -2.70. The average Bonchev–Trinajstić information content (AvgIpc) is 1.46. The highest BCUT2D eigenvalue weighted by Crippen LogP contribution is 2.76. The lowest BCUT2D eigenvalue weighted by Crippen LogP contribution is -2.67. The summed E-state index contributed by atoms with van der Waals surface area (Å²) in [6, 6.07) is 0. The lowest BCUT2D eigenvalue weighted by atomic mass is 9.41. The number of aliphatic hydroxyl groups is 14. The van der Waals surface area contributed by atoms with Gasteiger partial charge in [-0.25, -0.2) is 0 Å². The summed E-state index contributed by atoms with van der Waals surface area (Å²) in [7, 11) is 2.39. The molecule has 0 bridgehead atoms. The second kappa shape index (κ2) is 30.5. The molecule has 572 valence electrons. The molecule has 100 heavy (non-hydrogen) atoms. The van der Waals surface area contributed by atoms with Crippen LogP contribution in [0.15, 0.2) is 23.8 Å². The maximum Gasteiger partial charge on any atom is 0.313 e. The lowest BCUT2D eigenvalue weighted by Gasteiger charge is -2.64. The molecular weight excluding hydrogens is 1330 g/mol. The van der Waals surface area contributed by atoms with Crippen molar-refractivity contribution in [2.24, 2.45) is 39.4 Å². The van der Waals surface area contributed by atoms with E-state index in [0.29, 0.717) is 38.5 Å². The van der Waals surface area contributed by atoms with Crippen LogP contribution in [0.25, 0.3) is 0 Å². The van der Waals surface area contributed by atoms with Crippen molar-refractivity contribution in [1.82, 2.24) is 0 Å². The minimum atomic E-state index is -2.03. The van der Waals surface area contributed by atoms with Gasteiger partial charge in [-0.15, -0.1) is 6.58 Å². The molecule has 4 aliphatic carbocycles. The number of rotatable bonds is 22. The maximum atomic E-state index is 14.8. The number of methoxy groups -OCH3 is 2. The van der Waals surface area contributed by atoms with Crippen LogP contribution in [0.1, 0.15) is 113 Å². The molecule has 1 spiro atoms. The van der Waals surface area contributed by atoms with E-state index < -0.39 is 245 Å². The van der Waals surface area contributed by atoms with Crippen molar-refractivity contribution in [3.05, 3.63) is 23.8 Å². The molecular formula is C68H108O32. The minimum absolute atomic E-state index is 0.0233. The molecule has 0 aromatic rings. The third-order valence-corrected chi connectivity index (χ3v) is 24.6. The molecule has 32 heteroatoms. The molecule has 7 saturated heterocycles. The SMILES string of the molecule is C=C(C)C[C@@H](C[C@]1(C)OC(=O)C23CC[C@@H]4C(=CC[C@H]5C(C)(C)[C@@H](O[C@@H]6OC[C@@H](O[C@@H]7OC(CO)[C@@H](O)C(O[C@@H]8OC(CO)[C@@H](O)C(OC)C8O)C7O)C(O)C6O[C@@H]6OC(C)[C@@H](O[C@@H]7OC[C@@H](O)C(O[C@@H]8OC(CO)[C@@H](O)C(OC)C8O)C7O)C(O)C6O)CC[C@]45C)[C@]2(C)CC[C@@H]31)OC(C)=O. The average molecular weight is 1440 g/mol. The van der Waals surface area contributed by atoms with E-state index in [9.17, 15) is 81.1 Å². The van der Waals surface area contributed by atoms with Gasteiger partial charge in [0.2, 0.25) is 0 Å². The fourth-order valence-corrected chi connectivity index (χ4v) is 19.4. The van der Waals surface area contributed by atoms with Gasteiger partial charge in [-0.2, -0.15) is 0 Å².